The molecule has 0 atom stereocenters. The molecule has 0 radical (unpaired) electrons. The molecule has 9 heteroatoms. The lowest BCUT2D eigenvalue weighted by Crippen LogP contribution is -2.23. The maximum Gasteiger partial charge on any atom is 0.252 e. The summed E-state index contributed by atoms with van der Waals surface area (Å²) in [4.78, 5) is 20.9. The molecule has 1 amide bonds. The van der Waals surface area contributed by atoms with Crippen LogP contribution < -0.4 is 11.1 Å². The van der Waals surface area contributed by atoms with Crippen molar-refractivity contribution >= 4 is 24.1 Å². The lowest BCUT2D eigenvalue weighted by Gasteiger charge is -2.10. The minimum absolute atomic E-state index is 0. The largest absolute Gasteiger partial charge is 0.352 e. The Morgan fingerprint density at radius 3 is 2.59 bits per heavy atom. The molecule has 0 saturated heterocycles. The van der Waals surface area contributed by atoms with E-state index in [0.29, 0.717) is 31.0 Å². The predicted molar refractivity (Wildman–Crippen MR) is 102 cm³/mol. The van der Waals surface area contributed by atoms with Crippen LogP contribution in [0.3, 0.4) is 0 Å². The standard InChI is InChI=1S/C18H21FN6O.ClH/c1-11-15(12(2)25-18(22-11)23-16(9-20)24-25)7-8-17(26)21-10-13-3-5-14(19)6-4-13;/h3-6H,7-10,20H2,1-2H3,(H,21,26);1H. The number of nitrogens with two attached hydrogens (primary N) is 1. The average Bonchev–Trinajstić information content (AvgIpc) is 3.04. The third-order valence-corrected chi connectivity index (χ3v) is 4.28. The van der Waals surface area contributed by atoms with Crippen LogP contribution in [0.2, 0.25) is 0 Å². The normalized spacial score (nSPS) is 10.7. The molecule has 3 rings (SSSR count). The maximum absolute atomic E-state index is 12.9. The first kappa shape index (κ1) is 20.7. The van der Waals surface area contributed by atoms with E-state index in [2.05, 4.69) is 20.4 Å². The molecule has 3 aromatic rings. The van der Waals surface area contributed by atoms with Crippen LogP contribution >= 0.6 is 12.4 Å². The summed E-state index contributed by atoms with van der Waals surface area (Å²) < 4.78 is 14.6. The van der Waals surface area contributed by atoms with Crippen LogP contribution in [0.5, 0.6) is 0 Å². The van der Waals surface area contributed by atoms with Crippen molar-refractivity contribution in [1.29, 1.82) is 0 Å². The number of aromatic nitrogens is 4. The summed E-state index contributed by atoms with van der Waals surface area (Å²) in [6, 6.07) is 6.06. The maximum atomic E-state index is 12.9. The fourth-order valence-electron chi connectivity index (χ4n) is 2.83. The second kappa shape index (κ2) is 8.88. The van der Waals surface area contributed by atoms with E-state index >= 15 is 0 Å². The van der Waals surface area contributed by atoms with E-state index in [9.17, 15) is 9.18 Å². The van der Waals surface area contributed by atoms with Crippen molar-refractivity contribution in [2.24, 2.45) is 5.73 Å². The molecule has 0 unspecified atom stereocenters. The molecule has 7 nitrogen and oxygen atoms in total. The Kier molecular flexibility index (Phi) is 6.81. The van der Waals surface area contributed by atoms with E-state index in [4.69, 9.17) is 5.73 Å². The Hall–Kier alpha value is -2.58. The van der Waals surface area contributed by atoms with Gasteiger partial charge in [0, 0.05) is 24.4 Å². The Morgan fingerprint density at radius 1 is 1.22 bits per heavy atom. The van der Waals surface area contributed by atoms with Crippen LogP contribution in [0.15, 0.2) is 24.3 Å². The first-order valence-corrected chi connectivity index (χ1v) is 8.41. The Morgan fingerprint density at radius 2 is 1.93 bits per heavy atom. The van der Waals surface area contributed by atoms with Gasteiger partial charge in [0.1, 0.15) is 5.82 Å². The number of halogens is 2. The molecule has 27 heavy (non-hydrogen) atoms. The molecule has 0 aliphatic heterocycles. The number of carbonyl (C=O) groups is 1. The van der Waals surface area contributed by atoms with Gasteiger partial charge in [-0.1, -0.05) is 12.1 Å². The van der Waals surface area contributed by atoms with Crippen LogP contribution in [0.1, 0.15) is 34.8 Å². The van der Waals surface area contributed by atoms with Gasteiger partial charge in [-0.3, -0.25) is 4.79 Å². The molecule has 1 aromatic carbocycles. The number of hydrogen-bond acceptors (Lipinski definition) is 5. The minimum Gasteiger partial charge on any atom is -0.352 e. The van der Waals surface area contributed by atoms with Crippen LogP contribution in [0, 0.1) is 19.7 Å². The molecule has 0 bridgehead atoms. The monoisotopic (exact) mass is 392 g/mol. The van der Waals surface area contributed by atoms with E-state index < -0.39 is 0 Å². The molecule has 2 aromatic heterocycles. The molecular formula is C18H22ClFN6O. The average molecular weight is 393 g/mol. The third kappa shape index (κ3) is 4.78. The van der Waals surface area contributed by atoms with Crippen molar-refractivity contribution in [2.45, 2.75) is 39.8 Å². The minimum atomic E-state index is -0.292. The number of benzene rings is 1. The van der Waals surface area contributed by atoms with Gasteiger partial charge in [0.25, 0.3) is 5.78 Å². The molecule has 0 saturated carbocycles. The zero-order chi connectivity index (χ0) is 18.7. The number of nitrogens with one attached hydrogen (secondary N) is 1. The fraction of sp³-hybridized carbons (Fsp3) is 0.333. The van der Waals surface area contributed by atoms with E-state index in [1.54, 1.807) is 16.6 Å². The Labute approximate surface area is 162 Å². The lowest BCUT2D eigenvalue weighted by molar-refractivity contribution is -0.121. The summed E-state index contributed by atoms with van der Waals surface area (Å²) in [5, 5.41) is 7.17. The van der Waals surface area contributed by atoms with Gasteiger partial charge in [0.15, 0.2) is 5.82 Å². The number of aryl methyl sites for hydroxylation is 2. The van der Waals surface area contributed by atoms with Crippen molar-refractivity contribution in [3.05, 3.63) is 58.4 Å². The zero-order valence-corrected chi connectivity index (χ0v) is 16.0. The van der Waals surface area contributed by atoms with Crippen molar-refractivity contribution in [1.82, 2.24) is 24.9 Å². The van der Waals surface area contributed by atoms with Crippen molar-refractivity contribution in [3.63, 3.8) is 0 Å². The van der Waals surface area contributed by atoms with Crippen LogP contribution in [0.25, 0.3) is 5.78 Å². The van der Waals surface area contributed by atoms with Crippen LogP contribution in [-0.4, -0.2) is 25.5 Å². The Bertz CT molecular complexity index is 941. The number of hydrogen-bond donors (Lipinski definition) is 2. The number of amides is 1. The summed E-state index contributed by atoms with van der Waals surface area (Å²) in [6.07, 6.45) is 0.877. The summed E-state index contributed by atoms with van der Waals surface area (Å²) in [6.45, 7) is 4.46. The van der Waals surface area contributed by atoms with E-state index in [0.717, 1.165) is 22.5 Å². The molecule has 144 valence electrons. The molecule has 2 heterocycles. The zero-order valence-electron chi connectivity index (χ0n) is 15.2. The first-order chi connectivity index (χ1) is 12.5. The van der Waals surface area contributed by atoms with E-state index in [1.807, 2.05) is 13.8 Å². The highest BCUT2D eigenvalue weighted by Gasteiger charge is 2.14. The molecule has 0 aliphatic rings. The number of rotatable bonds is 6. The fourth-order valence-corrected chi connectivity index (χ4v) is 2.83. The van der Waals surface area contributed by atoms with Gasteiger partial charge in [-0.25, -0.2) is 13.9 Å². The number of carbonyl (C=O) groups excluding carboxylic acids is 1. The summed E-state index contributed by atoms with van der Waals surface area (Å²) in [7, 11) is 0. The summed E-state index contributed by atoms with van der Waals surface area (Å²) >= 11 is 0. The van der Waals surface area contributed by atoms with Gasteiger partial charge in [-0.15, -0.1) is 17.5 Å². The molecular weight excluding hydrogens is 371 g/mol. The quantitative estimate of drug-likeness (QED) is 0.668. The van der Waals surface area contributed by atoms with Crippen molar-refractivity contribution in [2.75, 3.05) is 0 Å². The Balaban J connectivity index is 0.00000261. The number of fused-ring (bicyclic) bond motifs is 1. The molecule has 0 aliphatic carbocycles. The van der Waals surface area contributed by atoms with Crippen molar-refractivity contribution in [3.8, 4) is 0 Å². The lowest BCUT2D eigenvalue weighted by atomic mass is 10.1. The summed E-state index contributed by atoms with van der Waals surface area (Å²) in [5.74, 6) is 0.688. The molecule has 3 N–H and O–H groups in total. The smallest absolute Gasteiger partial charge is 0.252 e. The second-order valence-electron chi connectivity index (χ2n) is 6.11. The first-order valence-electron chi connectivity index (χ1n) is 8.41. The van der Waals surface area contributed by atoms with Gasteiger partial charge in [0.05, 0.1) is 6.54 Å². The highest BCUT2D eigenvalue weighted by atomic mass is 35.5. The second-order valence-corrected chi connectivity index (χ2v) is 6.11. The highest BCUT2D eigenvalue weighted by Crippen LogP contribution is 2.15. The van der Waals surface area contributed by atoms with Gasteiger partial charge in [0.2, 0.25) is 5.91 Å². The van der Waals surface area contributed by atoms with E-state index in [-0.39, 0.29) is 30.7 Å². The highest BCUT2D eigenvalue weighted by molar-refractivity contribution is 5.85. The SMILES string of the molecule is Cc1nc2nc(CN)nn2c(C)c1CCC(=O)NCc1ccc(F)cc1.Cl. The van der Waals surface area contributed by atoms with Crippen LogP contribution in [-0.2, 0) is 24.3 Å². The van der Waals surface area contributed by atoms with Gasteiger partial charge >= 0.3 is 0 Å². The van der Waals surface area contributed by atoms with Gasteiger partial charge in [-0.2, -0.15) is 4.98 Å². The topological polar surface area (TPSA) is 98.2 Å². The van der Waals surface area contributed by atoms with Crippen molar-refractivity contribution < 1.29 is 9.18 Å². The van der Waals surface area contributed by atoms with Gasteiger partial charge < -0.3 is 11.1 Å². The van der Waals surface area contributed by atoms with Crippen LogP contribution in [0.4, 0.5) is 4.39 Å². The predicted octanol–water partition coefficient (Wildman–Crippen LogP) is 2.01. The number of nitrogens with zero attached hydrogens (tertiary/aromatic N) is 4. The summed E-state index contributed by atoms with van der Waals surface area (Å²) in [5.41, 5.74) is 9.16. The van der Waals surface area contributed by atoms with Gasteiger partial charge in [-0.05, 0) is 43.5 Å². The van der Waals surface area contributed by atoms with E-state index in [1.165, 1.54) is 12.1 Å². The third-order valence-electron chi connectivity index (χ3n) is 4.28. The molecule has 0 fully saturated rings. The molecule has 0 spiro atoms.